The second-order valence-corrected chi connectivity index (χ2v) is 18.6. The molecular formula is C43H66N2NaO14. The number of aliphatic carboxylic acids is 1. The normalized spacial score (nSPS) is 41.9. The molecule has 1 aromatic carbocycles. The van der Waals surface area contributed by atoms with Gasteiger partial charge in [0.1, 0.15) is 6.61 Å². The molecular weight excluding hydrogens is 791 g/mol. The Labute approximate surface area is 375 Å². The van der Waals surface area contributed by atoms with Gasteiger partial charge in [-0.3, -0.25) is 20.2 Å². The Bertz CT molecular complexity index is 1670. The van der Waals surface area contributed by atoms with E-state index < -0.39 is 76.7 Å². The first-order chi connectivity index (χ1) is 27.7. The van der Waals surface area contributed by atoms with E-state index in [1.54, 1.807) is 6.92 Å². The molecule has 1 radical (unpaired) electrons. The number of nitrogens with zero attached hydrogens (tertiary/aromatic N) is 1. The smallest absolute Gasteiger partial charge is 0.411 e. The molecule has 0 aromatic heterocycles. The molecule has 16 nitrogen and oxygen atoms in total. The third-order valence-electron chi connectivity index (χ3n) is 14.6. The van der Waals surface area contributed by atoms with Crippen LogP contribution >= 0.6 is 0 Å². The molecule has 60 heavy (non-hydrogen) atoms. The zero-order valence-electron chi connectivity index (χ0n) is 37.0. The zero-order valence-corrected chi connectivity index (χ0v) is 39.0. The molecule has 17 atom stereocenters. The number of carboxylic acid groups (broad SMARTS) is 1. The minimum absolute atomic E-state index is 0. The molecule has 1 spiro atoms. The van der Waals surface area contributed by atoms with Crippen LogP contribution in [0.4, 0.5) is 16.2 Å². The van der Waals surface area contributed by atoms with E-state index in [0.717, 1.165) is 12.8 Å². The Morgan fingerprint density at radius 2 is 1.72 bits per heavy atom. The van der Waals surface area contributed by atoms with Crippen molar-refractivity contribution in [3.63, 3.8) is 0 Å². The molecule has 1 aromatic rings. The Hall–Kier alpha value is -1.96. The van der Waals surface area contributed by atoms with Gasteiger partial charge in [-0.1, -0.05) is 41.5 Å². The molecule has 5 aliphatic rings. The monoisotopic (exact) mass is 857 g/mol. The standard InChI is InChI=1S/C43H66N2O14.Na/c1-10-41(16-15-33(56-41)40(8)17-18-42(59-40)21-31(46)26(5)36(57-42)27(6)35(53-9)28(7)38(47)48)37-24(3)20-32(55-37)34-23(2)19-25(4)43(50,58-34)22-54-39(49)44-29-11-13-30(14-12-29)45(51)52;/h11-14,23-28,31-37,46,50H,10,15-22H2,1-9H3,(H,44,49)(H,47,48);. The van der Waals surface area contributed by atoms with Crippen LogP contribution in [-0.2, 0) is 38.0 Å². The number of nitro benzene ring substituents is 1. The molecule has 5 heterocycles. The van der Waals surface area contributed by atoms with Gasteiger partial charge in [-0.2, -0.15) is 0 Å². The third-order valence-corrected chi connectivity index (χ3v) is 14.6. The fourth-order valence-corrected chi connectivity index (χ4v) is 10.9. The second kappa shape index (κ2) is 19.0. The number of methoxy groups -OCH3 is 1. The van der Waals surface area contributed by atoms with Crippen LogP contribution < -0.4 is 5.32 Å². The number of carbonyl (C=O) groups is 2. The first-order valence-electron chi connectivity index (χ1n) is 21.4. The summed E-state index contributed by atoms with van der Waals surface area (Å²) in [7, 11) is 1.51. The summed E-state index contributed by atoms with van der Waals surface area (Å²) in [4.78, 5) is 35.0. The summed E-state index contributed by atoms with van der Waals surface area (Å²) < 4.78 is 45.3. The molecule has 6 rings (SSSR count). The zero-order chi connectivity index (χ0) is 43.2. The average Bonchev–Trinajstić information content (AvgIpc) is 3.90. The minimum Gasteiger partial charge on any atom is -0.481 e. The van der Waals surface area contributed by atoms with E-state index in [2.05, 4.69) is 33.0 Å². The van der Waals surface area contributed by atoms with Gasteiger partial charge >= 0.3 is 12.1 Å². The molecule has 5 aliphatic heterocycles. The van der Waals surface area contributed by atoms with E-state index in [4.69, 9.17) is 33.2 Å². The molecule has 0 aliphatic carbocycles. The number of aliphatic hydroxyl groups is 2. The summed E-state index contributed by atoms with van der Waals surface area (Å²) in [6, 6.07) is 5.35. The van der Waals surface area contributed by atoms with Crippen molar-refractivity contribution in [2.75, 3.05) is 19.0 Å². The third kappa shape index (κ3) is 9.74. The van der Waals surface area contributed by atoms with Crippen molar-refractivity contribution >= 4 is 53.0 Å². The van der Waals surface area contributed by atoms with E-state index in [0.29, 0.717) is 44.2 Å². The number of nitro groups is 1. The van der Waals surface area contributed by atoms with Crippen LogP contribution in [0, 0.1) is 45.6 Å². The van der Waals surface area contributed by atoms with Crippen molar-refractivity contribution in [3.8, 4) is 0 Å². The van der Waals surface area contributed by atoms with Crippen LogP contribution in [0.2, 0.25) is 0 Å². The van der Waals surface area contributed by atoms with Crippen LogP contribution in [0.15, 0.2) is 24.3 Å². The van der Waals surface area contributed by atoms with E-state index in [-0.39, 0.29) is 83.1 Å². The fraction of sp³-hybridized carbons (Fsp3) is 0.814. The molecule has 0 bridgehead atoms. The average molecular weight is 858 g/mol. The van der Waals surface area contributed by atoms with Crippen LogP contribution in [0.5, 0.6) is 0 Å². The second-order valence-electron chi connectivity index (χ2n) is 18.6. The Balaban J connectivity index is 0.00000683. The van der Waals surface area contributed by atoms with Gasteiger partial charge < -0.3 is 48.5 Å². The van der Waals surface area contributed by atoms with E-state index in [9.17, 15) is 35.0 Å². The van der Waals surface area contributed by atoms with E-state index in [1.807, 2.05) is 20.8 Å². The van der Waals surface area contributed by atoms with Crippen molar-refractivity contribution in [3.05, 3.63) is 34.4 Å². The molecule has 17 heteroatoms. The van der Waals surface area contributed by atoms with Gasteiger partial charge in [-0.25, -0.2) is 4.79 Å². The summed E-state index contributed by atoms with van der Waals surface area (Å²) in [5, 5.41) is 46.4. The minimum atomic E-state index is -1.77. The van der Waals surface area contributed by atoms with Crippen LogP contribution in [0.1, 0.15) is 107 Å². The van der Waals surface area contributed by atoms with Crippen molar-refractivity contribution in [1.82, 2.24) is 0 Å². The Morgan fingerprint density at radius 1 is 1.03 bits per heavy atom. The van der Waals surface area contributed by atoms with Gasteiger partial charge in [-0.05, 0) is 76.3 Å². The first-order valence-corrected chi connectivity index (χ1v) is 21.4. The predicted octanol–water partition coefficient (Wildman–Crippen LogP) is 6.06. The maximum absolute atomic E-state index is 12.7. The van der Waals surface area contributed by atoms with Crippen molar-refractivity contribution in [1.29, 1.82) is 0 Å². The summed E-state index contributed by atoms with van der Waals surface area (Å²) >= 11 is 0. The van der Waals surface area contributed by atoms with Crippen LogP contribution in [0.3, 0.4) is 0 Å². The number of amides is 1. The Kier molecular flexibility index (Phi) is 15.6. The number of rotatable bonds is 13. The molecule has 333 valence electrons. The maximum atomic E-state index is 12.7. The quantitative estimate of drug-likeness (QED) is 0.101. The topological polar surface area (TPSA) is 215 Å². The van der Waals surface area contributed by atoms with Gasteiger partial charge in [-0.15, -0.1) is 0 Å². The summed E-state index contributed by atoms with van der Waals surface area (Å²) in [5.41, 5.74) is -1.11. The molecule has 4 N–H and O–H groups in total. The van der Waals surface area contributed by atoms with Crippen molar-refractivity contribution < 1.29 is 63.0 Å². The number of anilines is 1. The fourth-order valence-electron chi connectivity index (χ4n) is 10.9. The summed E-state index contributed by atoms with van der Waals surface area (Å²) in [6.45, 7) is 15.3. The largest absolute Gasteiger partial charge is 0.481 e. The number of benzene rings is 1. The number of ether oxygens (including phenoxy) is 7. The molecule has 0 saturated carbocycles. The Morgan fingerprint density at radius 3 is 2.33 bits per heavy atom. The van der Waals surface area contributed by atoms with Crippen molar-refractivity contribution in [2.24, 2.45) is 35.5 Å². The molecule has 17 unspecified atom stereocenters. The van der Waals surface area contributed by atoms with Crippen LogP contribution in [-0.4, -0.2) is 141 Å². The SMILES string of the molecule is CCC1(C2OC(C3OC(O)(COC(=O)Nc4ccc([N+](=O)[O-])cc4)C(C)CC3C)CC2C)CCC(C2(C)CCC3(CC(O)C(C)C(C(C)C(OC)C(C)C(=O)O)O3)O2)O1.[Na]. The molecule has 5 saturated heterocycles. The van der Waals surface area contributed by atoms with Gasteiger partial charge in [0, 0.05) is 85.1 Å². The van der Waals surface area contributed by atoms with Gasteiger partial charge in [0.15, 0.2) is 5.79 Å². The number of carboxylic acids is 1. The number of aliphatic hydroxyl groups excluding tert-OH is 1. The van der Waals surface area contributed by atoms with Crippen LogP contribution in [0.25, 0.3) is 0 Å². The van der Waals surface area contributed by atoms with Gasteiger partial charge in [0.2, 0.25) is 5.79 Å². The molecule has 5 fully saturated rings. The maximum Gasteiger partial charge on any atom is 0.411 e. The van der Waals surface area contributed by atoms with E-state index >= 15 is 0 Å². The molecule has 1 amide bonds. The first kappa shape index (κ1) is 49.1. The number of carbonyl (C=O) groups excluding carboxylic acids is 1. The number of nitrogens with one attached hydrogen (secondary N) is 1. The number of hydrogen-bond donors (Lipinski definition) is 4. The van der Waals surface area contributed by atoms with Gasteiger partial charge in [0.25, 0.3) is 5.69 Å². The number of non-ortho nitro benzene ring substituents is 1. The van der Waals surface area contributed by atoms with Crippen molar-refractivity contribution in [2.45, 2.75) is 172 Å². The summed E-state index contributed by atoms with van der Waals surface area (Å²) in [6.07, 6.45) is 1.02. The predicted molar refractivity (Wildman–Crippen MR) is 219 cm³/mol. The van der Waals surface area contributed by atoms with Gasteiger partial charge in [0.05, 0.1) is 64.8 Å². The number of hydrogen-bond acceptors (Lipinski definition) is 13. The summed E-state index contributed by atoms with van der Waals surface area (Å²) in [5.74, 6) is -5.33. The van der Waals surface area contributed by atoms with E-state index in [1.165, 1.54) is 31.4 Å².